The van der Waals surface area contributed by atoms with Gasteiger partial charge in [0.1, 0.15) is 12.4 Å². The van der Waals surface area contributed by atoms with E-state index in [1.807, 2.05) is 7.05 Å². The third kappa shape index (κ3) is 11.5. The van der Waals surface area contributed by atoms with Gasteiger partial charge in [-0.25, -0.2) is 0 Å². The maximum absolute atomic E-state index is 12.5. The molecule has 0 aliphatic heterocycles. The summed E-state index contributed by atoms with van der Waals surface area (Å²) in [6.45, 7) is 4.10. The molecular weight excluding hydrogens is 488 g/mol. The van der Waals surface area contributed by atoms with E-state index < -0.39 is 11.7 Å². The number of ether oxygens (including phenoxy) is 2. The molecule has 0 aliphatic carbocycles. The highest BCUT2D eigenvalue weighted by atomic mass is 127. The van der Waals surface area contributed by atoms with Gasteiger partial charge in [0.15, 0.2) is 5.96 Å². The molecule has 0 radical (unpaired) electrons. The molecule has 6 nitrogen and oxygen atoms in total. The number of guanidine groups is 1. The van der Waals surface area contributed by atoms with Gasteiger partial charge in [-0.15, -0.1) is 24.0 Å². The zero-order valence-electron chi connectivity index (χ0n) is 16.5. The fourth-order valence-electron chi connectivity index (χ4n) is 2.25. The van der Waals surface area contributed by atoms with Crippen molar-refractivity contribution in [3.05, 3.63) is 29.8 Å². The number of aliphatic imine (C=N–C) groups is 1. The second kappa shape index (κ2) is 14.7. The number of alkyl halides is 3. The van der Waals surface area contributed by atoms with Crippen molar-refractivity contribution in [2.24, 2.45) is 4.99 Å². The Labute approximate surface area is 181 Å². The van der Waals surface area contributed by atoms with E-state index in [4.69, 9.17) is 9.47 Å². The fraction of sp³-hybridized carbons (Fsp3) is 0.611. The zero-order chi connectivity index (χ0) is 20.1. The molecule has 0 spiro atoms. The minimum Gasteiger partial charge on any atom is -0.492 e. The first-order valence-electron chi connectivity index (χ1n) is 8.79. The Kier molecular flexibility index (Phi) is 14.0. The molecule has 0 atom stereocenters. The molecule has 1 rings (SSSR count). The van der Waals surface area contributed by atoms with Crippen LogP contribution in [-0.4, -0.2) is 71.5 Å². The maximum atomic E-state index is 12.5. The van der Waals surface area contributed by atoms with Gasteiger partial charge in [0.05, 0.1) is 12.1 Å². The second-order valence-electron chi connectivity index (χ2n) is 5.95. The van der Waals surface area contributed by atoms with Crippen molar-refractivity contribution in [2.75, 3.05) is 60.6 Å². The summed E-state index contributed by atoms with van der Waals surface area (Å²) in [5.41, 5.74) is -0.690. The number of likely N-dealkylation sites (N-methyl/N-ethyl adjacent to an activating group) is 1. The van der Waals surface area contributed by atoms with Crippen molar-refractivity contribution in [2.45, 2.75) is 12.6 Å². The van der Waals surface area contributed by atoms with Gasteiger partial charge in [-0.2, -0.15) is 13.2 Å². The van der Waals surface area contributed by atoms with E-state index in [0.717, 1.165) is 44.8 Å². The van der Waals surface area contributed by atoms with Crippen LogP contribution in [0.5, 0.6) is 5.75 Å². The summed E-state index contributed by atoms with van der Waals surface area (Å²) in [7, 11) is 5.41. The van der Waals surface area contributed by atoms with E-state index in [-0.39, 0.29) is 24.0 Å². The lowest BCUT2D eigenvalue weighted by atomic mass is 10.2. The number of rotatable bonds is 11. The minimum atomic E-state index is -4.34. The molecule has 10 heteroatoms. The van der Waals surface area contributed by atoms with Crippen molar-refractivity contribution in [3.8, 4) is 5.75 Å². The molecule has 0 aromatic heterocycles. The average molecular weight is 518 g/mol. The molecule has 0 bridgehead atoms. The van der Waals surface area contributed by atoms with Gasteiger partial charge >= 0.3 is 6.18 Å². The quantitative estimate of drug-likeness (QED) is 0.204. The van der Waals surface area contributed by atoms with Crippen molar-refractivity contribution in [1.82, 2.24) is 15.5 Å². The molecule has 0 aliphatic rings. The van der Waals surface area contributed by atoms with Crippen molar-refractivity contribution in [1.29, 1.82) is 0 Å². The topological polar surface area (TPSA) is 58.1 Å². The van der Waals surface area contributed by atoms with E-state index in [1.165, 1.54) is 12.1 Å². The smallest absolute Gasteiger partial charge is 0.416 e. The predicted molar refractivity (Wildman–Crippen MR) is 116 cm³/mol. The SMILES string of the molecule is CN=C(NCCOc1ccc(C(F)(F)F)cc1)NCCN(C)CCCOC.I. The highest BCUT2D eigenvalue weighted by Crippen LogP contribution is 2.30. The van der Waals surface area contributed by atoms with Crippen LogP contribution in [0.15, 0.2) is 29.3 Å². The Bertz CT molecular complexity index is 557. The first-order valence-corrected chi connectivity index (χ1v) is 8.79. The predicted octanol–water partition coefficient (Wildman–Crippen LogP) is 2.84. The normalized spacial score (nSPS) is 11.9. The van der Waals surface area contributed by atoms with Gasteiger partial charge < -0.3 is 25.0 Å². The van der Waals surface area contributed by atoms with Crippen LogP contribution in [0.3, 0.4) is 0 Å². The van der Waals surface area contributed by atoms with E-state index in [0.29, 0.717) is 24.9 Å². The number of hydrogen-bond donors (Lipinski definition) is 2. The standard InChI is InChI=1S/C18H29F3N4O2.HI/c1-22-17(23-9-12-25(2)11-4-13-26-3)24-10-14-27-16-7-5-15(6-8-16)18(19,20)21;/h5-8H,4,9-14H2,1-3H3,(H2,22,23,24);1H. The van der Waals surface area contributed by atoms with E-state index in [9.17, 15) is 13.2 Å². The van der Waals surface area contributed by atoms with Crippen LogP contribution in [0, 0.1) is 0 Å². The number of nitrogens with zero attached hydrogens (tertiary/aromatic N) is 2. The Morgan fingerprint density at radius 2 is 1.71 bits per heavy atom. The lowest BCUT2D eigenvalue weighted by Crippen LogP contribution is -2.42. The summed E-state index contributed by atoms with van der Waals surface area (Å²) in [5, 5.41) is 6.30. The first-order chi connectivity index (χ1) is 12.9. The highest BCUT2D eigenvalue weighted by Gasteiger charge is 2.29. The lowest BCUT2D eigenvalue weighted by molar-refractivity contribution is -0.137. The van der Waals surface area contributed by atoms with Gasteiger partial charge in [0, 0.05) is 40.4 Å². The van der Waals surface area contributed by atoms with Crippen LogP contribution < -0.4 is 15.4 Å². The summed E-state index contributed by atoms with van der Waals surface area (Å²) in [4.78, 5) is 6.32. The van der Waals surface area contributed by atoms with Gasteiger partial charge in [0.2, 0.25) is 0 Å². The highest BCUT2D eigenvalue weighted by molar-refractivity contribution is 14.0. The van der Waals surface area contributed by atoms with E-state index in [1.54, 1.807) is 14.2 Å². The van der Waals surface area contributed by atoms with E-state index >= 15 is 0 Å². The van der Waals surface area contributed by atoms with Crippen LogP contribution in [0.2, 0.25) is 0 Å². The Hall–Kier alpha value is -1.27. The summed E-state index contributed by atoms with van der Waals surface area (Å²) in [6.07, 6.45) is -3.35. The molecule has 0 unspecified atom stereocenters. The number of nitrogens with one attached hydrogen (secondary N) is 2. The lowest BCUT2D eigenvalue weighted by Gasteiger charge is -2.18. The summed E-state index contributed by atoms with van der Waals surface area (Å²) < 4.78 is 48.0. The molecule has 2 N–H and O–H groups in total. The van der Waals surface area contributed by atoms with Gasteiger partial charge in [0.25, 0.3) is 0 Å². The van der Waals surface area contributed by atoms with Crippen LogP contribution >= 0.6 is 24.0 Å². The first kappa shape index (κ1) is 26.7. The molecule has 0 heterocycles. The number of methoxy groups -OCH3 is 1. The van der Waals surface area contributed by atoms with Crippen LogP contribution in [-0.2, 0) is 10.9 Å². The molecule has 162 valence electrons. The van der Waals surface area contributed by atoms with Crippen molar-refractivity contribution >= 4 is 29.9 Å². The number of benzene rings is 1. The maximum Gasteiger partial charge on any atom is 0.416 e. The van der Waals surface area contributed by atoms with E-state index in [2.05, 4.69) is 20.5 Å². The third-order valence-electron chi connectivity index (χ3n) is 3.74. The summed E-state index contributed by atoms with van der Waals surface area (Å²) in [6, 6.07) is 4.64. The average Bonchev–Trinajstić information content (AvgIpc) is 2.63. The minimum absolute atomic E-state index is 0. The number of hydrogen-bond acceptors (Lipinski definition) is 4. The molecule has 0 amide bonds. The van der Waals surface area contributed by atoms with Crippen LogP contribution in [0.1, 0.15) is 12.0 Å². The van der Waals surface area contributed by atoms with Gasteiger partial charge in [-0.1, -0.05) is 0 Å². The molecular formula is C18H30F3IN4O2. The Morgan fingerprint density at radius 3 is 2.29 bits per heavy atom. The Morgan fingerprint density at radius 1 is 1.07 bits per heavy atom. The largest absolute Gasteiger partial charge is 0.492 e. The monoisotopic (exact) mass is 518 g/mol. The molecule has 0 saturated carbocycles. The summed E-state index contributed by atoms with van der Waals surface area (Å²) >= 11 is 0. The van der Waals surface area contributed by atoms with Crippen molar-refractivity contribution in [3.63, 3.8) is 0 Å². The van der Waals surface area contributed by atoms with Gasteiger partial charge in [-0.3, -0.25) is 4.99 Å². The second-order valence-corrected chi connectivity index (χ2v) is 5.95. The molecule has 0 saturated heterocycles. The zero-order valence-corrected chi connectivity index (χ0v) is 18.8. The third-order valence-corrected chi connectivity index (χ3v) is 3.74. The van der Waals surface area contributed by atoms with Crippen LogP contribution in [0.25, 0.3) is 0 Å². The Balaban J connectivity index is 0.00000729. The fourth-order valence-corrected chi connectivity index (χ4v) is 2.25. The van der Waals surface area contributed by atoms with Gasteiger partial charge in [-0.05, 0) is 37.7 Å². The van der Waals surface area contributed by atoms with Crippen molar-refractivity contribution < 1.29 is 22.6 Å². The molecule has 1 aromatic carbocycles. The van der Waals surface area contributed by atoms with Crippen LogP contribution in [0.4, 0.5) is 13.2 Å². The molecule has 28 heavy (non-hydrogen) atoms. The molecule has 0 fully saturated rings. The summed E-state index contributed by atoms with van der Waals surface area (Å²) in [5.74, 6) is 1.04. The number of halogens is 4. The molecule has 1 aromatic rings.